The second kappa shape index (κ2) is 16.6. The Kier molecular flexibility index (Phi) is 12.0. The molecule has 1 fully saturated rings. The van der Waals surface area contributed by atoms with Crippen molar-refractivity contribution in [2.75, 3.05) is 50.8 Å². The van der Waals surface area contributed by atoms with E-state index in [0.717, 1.165) is 78.4 Å². The highest BCUT2D eigenvalue weighted by molar-refractivity contribution is 6.23. The molecular formula is C41H52N6O3. The number of nitrogens with two attached hydrogens (primary N) is 1. The molecule has 264 valence electrons. The number of methoxy groups -OCH3 is 2. The number of unbranched alkanes of at least 4 members (excludes halogenated alkanes) is 1. The monoisotopic (exact) mass is 676 g/mol. The van der Waals surface area contributed by atoms with Gasteiger partial charge in [-0.1, -0.05) is 44.2 Å². The fourth-order valence-corrected chi connectivity index (χ4v) is 6.67. The number of carbonyl (C=O) groups is 1. The van der Waals surface area contributed by atoms with Gasteiger partial charge >= 0.3 is 0 Å². The van der Waals surface area contributed by atoms with Gasteiger partial charge in [0.1, 0.15) is 5.82 Å². The van der Waals surface area contributed by atoms with Crippen molar-refractivity contribution in [2.24, 2.45) is 5.92 Å². The number of hydrogen-bond acceptors (Lipinski definition) is 8. The standard InChI is InChI=1S/C41H52N6O3/c1-8-9-12-29-21-27(3)38(42)33(23-29)34(22-26(2)30-17-20-36(49-6)37(24-30)50-7)40(48)43-25-28-15-18-31(19-16-28)44-41-45-35-14-11-10-13-32(35)39(46-41)47(4)5/h10-11,13-14,17,20-24,28,31H,2,8-9,12,15-16,18-19,25,42H2,1,3-7H3,(H,43,48)(H,44,45,46)/b34-22+/t28-,31+. The molecule has 0 unspecified atom stereocenters. The zero-order chi connectivity index (χ0) is 35.8. The van der Waals surface area contributed by atoms with Crippen LogP contribution in [0.3, 0.4) is 0 Å². The maximum absolute atomic E-state index is 14.1. The Hall–Kier alpha value is -5.05. The zero-order valence-corrected chi connectivity index (χ0v) is 30.4. The molecule has 1 aliphatic carbocycles. The summed E-state index contributed by atoms with van der Waals surface area (Å²) in [6.45, 7) is 9.10. The quantitative estimate of drug-likeness (QED) is 0.0704. The topological polar surface area (TPSA) is 115 Å². The van der Waals surface area contributed by atoms with Crippen LogP contribution in [0, 0.1) is 12.8 Å². The lowest BCUT2D eigenvalue weighted by Gasteiger charge is -2.29. The molecular weight excluding hydrogens is 624 g/mol. The first-order chi connectivity index (χ1) is 24.1. The van der Waals surface area contributed by atoms with Crippen LogP contribution >= 0.6 is 0 Å². The number of aromatic nitrogens is 2. The number of para-hydroxylation sites is 1. The van der Waals surface area contributed by atoms with Crippen LogP contribution in [0.2, 0.25) is 0 Å². The van der Waals surface area contributed by atoms with E-state index in [1.165, 1.54) is 5.56 Å². The van der Waals surface area contributed by atoms with Gasteiger partial charge in [0, 0.05) is 48.9 Å². The Labute approximate surface area is 297 Å². The Bertz CT molecular complexity index is 1860. The van der Waals surface area contributed by atoms with E-state index >= 15 is 0 Å². The normalized spacial score (nSPS) is 16.2. The van der Waals surface area contributed by atoms with Crippen LogP contribution in [0.5, 0.6) is 11.5 Å². The number of aryl methyl sites for hydroxylation is 2. The summed E-state index contributed by atoms with van der Waals surface area (Å²) in [5, 5.41) is 7.89. The van der Waals surface area contributed by atoms with Crippen molar-refractivity contribution in [3.05, 3.63) is 89.5 Å². The van der Waals surface area contributed by atoms with E-state index in [9.17, 15) is 4.79 Å². The lowest BCUT2D eigenvalue weighted by Crippen LogP contribution is -2.34. The number of nitrogens with one attached hydrogen (secondary N) is 2. The van der Waals surface area contributed by atoms with Crippen molar-refractivity contribution in [2.45, 2.75) is 64.8 Å². The summed E-state index contributed by atoms with van der Waals surface area (Å²) in [4.78, 5) is 25.8. The minimum Gasteiger partial charge on any atom is -0.493 e. The Morgan fingerprint density at radius 3 is 2.46 bits per heavy atom. The molecule has 0 saturated heterocycles. The average molecular weight is 677 g/mol. The highest BCUT2D eigenvalue weighted by Gasteiger charge is 2.24. The summed E-state index contributed by atoms with van der Waals surface area (Å²) in [5.74, 6) is 2.98. The lowest BCUT2D eigenvalue weighted by atomic mass is 9.86. The van der Waals surface area contributed by atoms with Gasteiger partial charge in [0.2, 0.25) is 5.95 Å². The zero-order valence-electron chi connectivity index (χ0n) is 30.4. The summed E-state index contributed by atoms with van der Waals surface area (Å²) in [6.07, 6.45) is 8.83. The SMILES string of the molecule is C=C(/C=C(/C(=O)NC[C@H]1CC[C@@H](Nc2nc(N(C)C)c3ccccc3n2)CC1)c1cc(CCCC)cc(C)c1N)c1ccc(OC)c(OC)c1. The van der Waals surface area contributed by atoms with Crippen LogP contribution in [0.25, 0.3) is 22.0 Å². The third-order valence-electron chi connectivity index (χ3n) is 9.61. The average Bonchev–Trinajstić information content (AvgIpc) is 3.13. The van der Waals surface area contributed by atoms with Gasteiger partial charge in [0.15, 0.2) is 11.5 Å². The summed E-state index contributed by atoms with van der Waals surface area (Å²) < 4.78 is 11.0. The number of anilines is 3. The van der Waals surface area contributed by atoms with E-state index in [2.05, 4.69) is 42.3 Å². The van der Waals surface area contributed by atoms with E-state index in [-0.39, 0.29) is 11.9 Å². The van der Waals surface area contributed by atoms with E-state index in [1.807, 2.05) is 68.4 Å². The van der Waals surface area contributed by atoms with Gasteiger partial charge in [0.25, 0.3) is 5.91 Å². The van der Waals surface area contributed by atoms with Crippen molar-refractivity contribution in [1.82, 2.24) is 15.3 Å². The molecule has 9 heteroatoms. The van der Waals surface area contributed by atoms with Crippen molar-refractivity contribution in [3.63, 3.8) is 0 Å². The number of amides is 1. The second-order valence-electron chi connectivity index (χ2n) is 13.5. The van der Waals surface area contributed by atoms with Crippen molar-refractivity contribution >= 4 is 45.4 Å². The van der Waals surface area contributed by atoms with Gasteiger partial charge in [-0.05, 0) is 110 Å². The second-order valence-corrected chi connectivity index (χ2v) is 13.5. The summed E-state index contributed by atoms with van der Waals surface area (Å²) in [5.41, 5.74) is 13.1. The van der Waals surface area contributed by atoms with Gasteiger partial charge in [-0.3, -0.25) is 4.79 Å². The third-order valence-corrected chi connectivity index (χ3v) is 9.61. The van der Waals surface area contributed by atoms with E-state index in [1.54, 1.807) is 14.2 Å². The predicted molar refractivity (Wildman–Crippen MR) is 207 cm³/mol. The van der Waals surface area contributed by atoms with Crippen molar-refractivity contribution in [1.29, 1.82) is 0 Å². The number of ether oxygens (including phenoxy) is 2. The molecule has 1 aliphatic rings. The van der Waals surface area contributed by atoms with Crippen LogP contribution in [-0.4, -0.2) is 56.8 Å². The molecule has 1 saturated carbocycles. The molecule has 1 heterocycles. The van der Waals surface area contributed by atoms with E-state index in [4.69, 9.17) is 25.2 Å². The first-order valence-corrected chi connectivity index (χ1v) is 17.6. The molecule has 0 spiro atoms. The molecule has 1 amide bonds. The van der Waals surface area contributed by atoms with Crippen LogP contribution in [-0.2, 0) is 11.2 Å². The first kappa shape index (κ1) is 36.2. The van der Waals surface area contributed by atoms with Gasteiger partial charge in [0.05, 0.1) is 19.7 Å². The molecule has 0 atom stereocenters. The van der Waals surface area contributed by atoms with Crippen LogP contribution in [0.4, 0.5) is 17.5 Å². The van der Waals surface area contributed by atoms with Crippen LogP contribution < -0.4 is 30.7 Å². The van der Waals surface area contributed by atoms with Crippen LogP contribution in [0.15, 0.2) is 67.3 Å². The highest BCUT2D eigenvalue weighted by Crippen LogP contribution is 2.34. The molecule has 5 rings (SSSR count). The smallest absolute Gasteiger partial charge is 0.251 e. The fourth-order valence-electron chi connectivity index (χ4n) is 6.67. The Balaban J connectivity index is 1.31. The third kappa shape index (κ3) is 8.56. The number of allylic oxidation sites excluding steroid dienone is 2. The highest BCUT2D eigenvalue weighted by atomic mass is 16.5. The molecule has 0 bridgehead atoms. The van der Waals surface area contributed by atoms with Crippen molar-refractivity contribution < 1.29 is 14.3 Å². The molecule has 0 radical (unpaired) electrons. The lowest BCUT2D eigenvalue weighted by molar-refractivity contribution is -0.115. The Morgan fingerprint density at radius 2 is 1.76 bits per heavy atom. The summed E-state index contributed by atoms with van der Waals surface area (Å²) in [6, 6.07) is 18.2. The van der Waals surface area contributed by atoms with Crippen molar-refractivity contribution in [3.8, 4) is 11.5 Å². The number of nitrogen functional groups attached to an aromatic ring is 1. The first-order valence-electron chi connectivity index (χ1n) is 17.6. The number of hydrogen-bond donors (Lipinski definition) is 3. The van der Waals surface area contributed by atoms with Crippen LogP contribution in [0.1, 0.15) is 67.7 Å². The minimum absolute atomic E-state index is 0.161. The van der Waals surface area contributed by atoms with E-state index < -0.39 is 0 Å². The molecule has 50 heavy (non-hydrogen) atoms. The predicted octanol–water partition coefficient (Wildman–Crippen LogP) is 7.83. The molecule has 1 aromatic heterocycles. The van der Waals surface area contributed by atoms with Gasteiger partial charge in [-0.15, -0.1) is 0 Å². The van der Waals surface area contributed by atoms with Gasteiger partial charge in [-0.2, -0.15) is 4.98 Å². The molecule has 9 nitrogen and oxygen atoms in total. The molecule has 4 aromatic rings. The number of benzene rings is 3. The summed E-state index contributed by atoms with van der Waals surface area (Å²) >= 11 is 0. The maximum atomic E-state index is 14.1. The Morgan fingerprint density at radius 1 is 1.02 bits per heavy atom. The van der Waals surface area contributed by atoms with Gasteiger partial charge in [-0.25, -0.2) is 4.98 Å². The summed E-state index contributed by atoms with van der Waals surface area (Å²) in [7, 11) is 7.22. The number of fused-ring (bicyclic) bond motifs is 1. The fraction of sp³-hybridized carbons (Fsp3) is 0.390. The van der Waals surface area contributed by atoms with Gasteiger partial charge < -0.3 is 30.7 Å². The molecule has 4 N–H and O–H groups in total. The molecule has 0 aliphatic heterocycles. The number of nitrogens with zero attached hydrogens (tertiary/aromatic N) is 3. The number of carbonyl (C=O) groups excluding carboxylic acids is 1. The molecule has 3 aromatic carbocycles. The largest absolute Gasteiger partial charge is 0.493 e. The maximum Gasteiger partial charge on any atom is 0.251 e. The minimum atomic E-state index is -0.161. The number of rotatable bonds is 14. The van der Waals surface area contributed by atoms with E-state index in [0.29, 0.717) is 46.7 Å².